The first-order valence-corrected chi connectivity index (χ1v) is 8.13. The van der Waals surface area contributed by atoms with Crippen molar-refractivity contribution in [3.63, 3.8) is 0 Å². The van der Waals surface area contributed by atoms with Crippen LogP contribution in [0.1, 0.15) is 48.2 Å². The number of pyridine rings is 1. The third-order valence-electron chi connectivity index (χ3n) is 4.61. The topological polar surface area (TPSA) is 85.4 Å². The van der Waals surface area contributed by atoms with Crippen LogP contribution in [-0.4, -0.2) is 22.7 Å². The van der Waals surface area contributed by atoms with E-state index in [0.717, 1.165) is 0 Å². The van der Waals surface area contributed by atoms with Gasteiger partial charge in [0.2, 0.25) is 0 Å². The molecule has 1 heterocycles. The number of aromatic nitrogens is 1. The summed E-state index contributed by atoms with van der Waals surface area (Å²) in [6.45, 7) is 2.31. The molecule has 0 saturated heterocycles. The molecular formula is C18H22N2O3. The van der Waals surface area contributed by atoms with E-state index in [0.29, 0.717) is 34.9 Å². The van der Waals surface area contributed by atoms with Crippen LogP contribution >= 0.6 is 0 Å². The van der Waals surface area contributed by atoms with Crippen molar-refractivity contribution >= 4 is 22.6 Å². The zero-order valence-corrected chi connectivity index (χ0v) is 13.3. The molecule has 5 heteroatoms. The SMILES string of the molecule is Cc1nc2cccc(OCC3CCCCC3)c2c(N)c1C(=O)O. The van der Waals surface area contributed by atoms with Crippen molar-refractivity contribution in [2.75, 3.05) is 12.3 Å². The third kappa shape index (κ3) is 3.09. The summed E-state index contributed by atoms with van der Waals surface area (Å²) in [5.74, 6) is 0.134. The largest absolute Gasteiger partial charge is 0.493 e. The smallest absolute Gasteiger partial charge is 0.339 e. The number of nitrogens with zero attached hydrogens (tertiary/aromatic N) is 1. The van der Waals surface area contributed by atoms with Gasteiger partial charge >= 0.3 is 5.97 Å². The number of aromatic carboxylic acids is 1. The number of carboxylic acid groups (broad SMARTS) is 1. The normalized spacial score (nSPS) is 15.7. The Labute approximate surface area is 135 Å². The maximum Gasteiger partial charge on any atom is 0.339 e. The van der Waals surface area contributed by atoms with Crippen LogP contribution in [0.15, 0.2) is 18.2 Å². The van der Waals surface area contributed by atoms with E-state index in [1.54, 1.807) is 6.92 Å². The van der Waals surface area contributed by atoms with Crippen molar-refractivity contribution in [2.24, 2.45) is 5.92 Å². The van der Waals surface area contributed by atoms with Gasteiger partial charge in [0.25, 0.3) is 0 Å². The third-order valence-corrected chi connectivity index (χ3v) is 4.61. The molecule has 23 heavy (non-hydrogen) atoms. The first-order chi connectivity index (χ1) is 11.1. The minimum atomic E-state index is -1.06. The van der Waals surface area contributed by atoms with Crippen LogP contribution in [0.4, 0.5) is 5.69 Å². The Morgan fingerprint density at radius 2 is 2.09 bits per heavy atom. The van der Waals surface area contributed by atoms with Gasteiger partial charge in [0, 0.05) is 0 Å². The van der Waals surface area contributed by atoms with Gasteiger partial charge in [-0.15, -0.1) is 0 Å². The standard InChI is InChI=1S/C18H22N2O3/c1-11-15(18(21)22)17(19)16-13(20-11)8-5-9-14(16)23-10-12-6-3-2-4-7-12/h5,8-9,12H,2-4,6-7,10H2,1H3,(H2,19,20)(H,21,22). The van der Waals surface area contributed by atoms with Crippen molar-refractivity contribution < 1.29 is 14.6 Å². The lowest BCUT2D eigenvalue weighted by Crippen LogP contribution is -2.15. The summed E-state index contributed by atoms with van der Waals surface area (Å²) >= 11 is 0. The second-order valence-electron chi connectivity index (χ2n) is 6.26. The Kier molecular flexibility index (Phi) is 4.37. The number of carbonyl (C=O) groups is 1. The van der Waals surface area contributed by atoms with Crippen LogP contribution < -0.4 is 10.5 Å². The Bertz CT molecular complexity index is 737. The average Bonchev–Trinajstić information content (AvgIpc) is 2.53. The van der Waals surface area contributed by atoms with Gasteiger partial charge in [-0.05, 0) is 37.8 Å². The lowest BCUT2D eigenvalue weighted by atomic mass is 9.90. The fourth-order valence-electron chi connectivity index (χ4n) is 3.39. The first kappa shape index (κ1) is 15.6. The Morgan fingerprint density at radius 3 is 2.78 bits per heavy atom. The van der Waals surface area contributed by atoms with Crippen LogP contribution in [0.5, 0.6) is 5.75 Å². The predicted octanol–water partition coefficient (Wildman–Crippen LogP) is 3.78. The second kappa shape index (κ2) is 6.44. The van der Waals surface area contributed by atoms with Gasteiger partial charge < -0.3 is 15.6 Å². The van der Waals surface area contributed by atoms with E-state index in [2.05, 4.69) is 4.98 Å². The summed E-state index contributed by atoms with van der Waals surface area (Å²) < 4.78 is 6.00. The maximum atomic E-state index is 11.4. The molecule has 0 bridgehead atoms. The highest BCUT2D eigenvalue weighted by Crippen LogP contribution is 2.34. The highest BCUT2D eigenvalue weighted by Gasteiger charge is 2.20. The molecule has 0 amide bonds. The molecule has 0 spiro atoms. The van der Waals surface area contributed by atoms with Gasteiger partial charge in [0.15, 0.2) is 0 Å². The monoisotopic (exact) mass is 314 g/mol. The summed E-state index contributed by atoms with van der Waals surface area (Å²) in [5, 5.41) is 9.97. The van der Waals surface area contributed by atoms with Crippen LogP contribution in [-0.2, 0) is 0 Å². The summed E-state index contributed by atoms with van der Waals surface area (Å²) in [5.41, 5.74) is 7.52. The van der Waals surface area contributed by atoms with E-state index in [9.17, 15) is 9.90 Å². The lowest BCUT2D eigenvalue weighted by Gasteiger charge is -2.22. The number of hydrogen-bond acceptors (Lipinski definition) is 4. The number of aryl methyl sites for hydroxylation is 1. The van der Waals surface area contributed by atoms with E-state index in [-0.39, 0.29) is 11.3 Å². The van der Waals surface area contributed by atoms with Gasteiger partial charge in [0.05, 0.1) is 28.9 Å². The van der Waals surface area contributed by atoms with Gasteiger partial charge in [-0.25, -0.2) is 4.79 Å². The molecule has 0 aliphatic heterocycles. The van der Waals surface area contributed by atoms with Gasteiger partial charge in [-0.1, -0.05) is 25.3 Å². The number of benzene rings is 1. The quantitative estimate of drug-likeness (QED) is 0.897. The molecule has 3 rings (SSSR count). The maximum absolute atomic E-state index is 11.4. The van der Waals surface area contributed by atoms with E-state index in [1.165, 1.54) is 32.1 Å². The van der Waals surface area contributed by atoms with Crippen molar-refractivity contribution in [1.29, 1.82) is 0 Å². The second-order valence-corrected chi connectivity index (χ2v) is 6.26. The molecule has 2 aromatic rings. The Hall–Kier alpha value is -2.30. The summed E-state index contributed by atoms with van der Waals surface area (Å²) in [7, 11) is 0. The highest BCUT2D eigenvalue weighted by atomic mass is 16.5. The number of ether oxygens (including phenoxy) is 1. The van der Waals surface area contributed by atoms with E-state index >= 15 is 0 Å². The van der Waals surface area contributed by atoms with Crippen LogP contribution in [0.25, 0.3) is 10.9 Å². The molecule has 1 aliphatic rings. The van der Waals surface area contributed by atoms with Crippen molar-refractivity contribution in [1.82, 2.24) is 4.98 Å². The number of nitrogens with two attached hydrogens (primary N) is 1. The molecule has 1 aromatic carbocycles. The number of rotatable bonds is 4. The van der Waals surface area contributed by atoms with Crippen molar-refractivity contribution in [2.45, 2.75) is 39.0 Å². The molecule has 0 atom stereocenters. The summed E-state index contributed by atoms with van der Waals surface area (Å²) in [6, 6.07) is 5.53. The predicted molar refractivity (Wildman–Crippen MR) is 89.9 cm³/mol. The minimum Gasteiger partial charge on any atom is -0.493 e. The lowest BCUT2D eigenvalue weighted by molar-refractivity contribution is 0.0697. The summed E-state index contributed by atoms with van der Waals surface area (Å²) in [6.07, 6.45) is 6.21. The van der Waals surface area contributed by atoms with Gasteiger partial charge in [-0.2, -0.15) is 0 Å². The molecule has 5 nitrogen and oxygen atoms in total. The highest BCUT2D eigenvalue weighted by molar-refractivity contribution is 6.06. The number of carboxylic acids is 1. The van der Waals surface area contributed by atoms with E-state index in [4.69, 9.17) is 10.5 Å². The van der Waals surface area contributed by atoms with Crippen LogP contribution in [0.3, 0.4) is 0 Å². The van der Waals surface area contributed by atoms with Crippen LogP contribution in [0.2, 0.25) is 0 Å². The molecule has 122 valence electrons. The average molecular weight is 314 g/mol. The number of fused-ring (bicyclic) bond motifs is 1. The van der Waals surface area contributed by atoms with E-state index in [1.807, 2.05) is 18.2 Å². The molecular weight excluding hydrogens is 292 g/mol. The van der Waals surface area contributed by atoms with Crippen LogP contribution in [0, 0.1) is 12.8 Å². The summed E-state index contributed by atoms with van der Waals surface area (Å²) in [4.78, 5) is 15.8. The Morgan fingerprint density at radius 1 is 1.35 bits per heavy atom. The number of nitrogen functional groups attached to an aromatic ring is 1. The van der Waals surface area contributed by atoms with Crippen molar-refractivity contribution in [3.05, 3.63) is 29.5 Å². The zero-order chi connectivity index (χ0) is 16.4. The van der Waals surface area contributed by atoms with Crippen molar-refractivity contribution in [3.8, 4) is 5.75 Å². The molecule has 0 radical (unpaired) electrons. The van der Waals surface area contributed by atoms with E-state index < -0.39 is 5.97 Å². The number of hydrogen-bond donors (Lipinski definition) is 2. The minimum absolute atomic E-state index is 0.0613. The molecule has 1 aromatic heterocycles. The first-order valence-electron chi connectivity index (χ1n) is 8.13. The fourth-order valence-corrected chi connectivity index (χ4v) is 3.39. The number of anilines is 1. The molecule has 3 N–H and O–H groups in total. The Balaban J connectivity index is 1.96. The fraction of sp³-hybridized carbons (Fsp3) is 0.444. The molecule has 1 saturated carbocycles. The molecule has 1 fully saturated rings. The van der Waals surface area contributed by atoms with Gasteiger partial charge in [-0.3, -0.25) is 4.98 Å². The molecule has 0 unspecified atom stereocenters. The molecule has 1 aliphatic carbocycles. The van der Waals surface area contributed by atoms with Gasteiger partial charge in [0.1, 0.15) is 11.3 Å². The zero-order valence-electron chi connectivity index (χ0n) is 13.3.